The fourth-order valence-electron chi connectivity index (χ4n) is 1.40. The summed E-state index contributed by atoms with van der Waals surface area (Å²) < 4.78 is 0. The maximum absolute atomic E-state index is 12.0. The number of carbonyl (C=O) groups is 1. The van der Waals surface area contributed by atoms with Crippen molar-refractivity contribution in [1.82, 2.24) is 5.32 Å². The maximum Gasteiger partial charge on any atom is 0.155 e. The van der Waals surface area contributed by atoms with Crippen LogP contribution in [0.25, 0.3) is 0 Å². The van der Waals surface area contributed by atoms with Crippen molar-refractivity contribution in [2.45, 2.75) is 66.5 Å². The molecule has 1 unspecified atom stereocenters. The molecule has 0 fully saturated rings. The van der Waals surface area contributed by atoms with E-state index < -0.39 is 0 Å². The molecule has 1 atom stereocenters. The standard InChI is InChI=1S/C12H25NO/c1-8-9(13-12(5,6)7)10(14)11(2,3)4/h9,13H,8H2,1-7H3. The van der Waals surface area contributed by atoms with Crippen molar-refractivity contribution in [1.29, 1.82) is 0 Å². The second kappa shape index (κ2) is 4.43. The van der Waals surface area contributed by atoms with Gasteiger partial charge in [0, 0.05) is 11.0 Å². The third kappa shape index (κ3) is 4.75. The van der Waals surface area contributed by atoms with E-state index in [1.165, 1.54) is 0 Å². The smallest absolute Gasteiger partial charge is 0.155 e. The Bertz CT molecular complexity index is 195. The third-order valence-corrected chi connectivity index (χ3v) is 2.07. The summed E-state index contributed by atoms with van der Waals surface area (Å²) in [5.74, 6) is 0.301. The third-order valence-electron chi connectivity index (χ3n) is 2.07. The van der Waals surface area contributed by atoms with E-state index >= 15 is 0 Å². The molecule has 84 valence electrons. The van der Waals surface area contributed by atoms with Crippen LogP contribution in [0, 0.1) is 5.41 Å². The second-order valence-corrected chi connectivity index (χ2v) is 5.97. The van der Waals surface area contributed by atoms with Gasteiger partial charge in [0.2, 0.25) is 0 Å². The monoisotopic (exact) mass is 199 g/mol. The quantitative estimate of drug-likeness (QED) is 0.757. The minimum atomic E-state index is -0.251. The lowest BCUT2D eigenvalue weighted by Gasteiger charge is -2.31. The molecule has 0 rings (SSSR count). The summed E-state index contributed by atoms with van der Waals surface area (Å²) in [7, 11) is 0. The first-order chi connectivity index (χ1) is 6.08. The Labute approximate surface area is 88.5 Å². The number of ketones is 1. The van der Waals surface area contributed by atoms with Crippen molar-refractivity contribution in [2.24, 2.45) is 5.41 Å². The molecule has 0 saturated carbocycles. The Balaban J connectivity index is 4.51. The van der Waals surface area contributed by atoms with Crippen LogP contribution >= 0.6 is 0 Å². The van der Waals surface area contributed by atoms with E-state index in [-0.39, 0.29) is 17.0 Å². The molecule has 0 saturated heterocycles. The van der Waals surface area contributed by atoms with Crippen molar-refractivity contribution >= 4 is 5.78 Å². The maximum atomic E-state index is 12.0. The first-order valence-corrected chi connectivity index (χ1v) is 5.40. The minimum absolute atomic E-state index is 0.00157. The van der Waals surface area contributed by atoms with E-state index in [4.69, 9.17) is 0 Å². The van der Waals surface area contributed by atoms with Gasteiger partial charge < -0.3 is 5.32 Å². The van der Waals surface area contributed by atoms with Crippen LogP contribution in [0.2, 0.25) is 0 Å². The average molecular weight is 199 g/mol. The number of hydrogen-bond donors (Lipinski definition) is 1. The zero-order valence-corrected chi connectivity index (χ0v) is 10.7. The second-order valence-electron chi connectivity index (χ2n) is 5.97. The van der Waals surface area contributed by atoms with Gasteiger partial charge in [0.1, 0.15) is 0 Å². The van der Waals surface area contributed by atoms with E-state index in [0.717, 1.165) is 6.42 Å². The van der Waals surface area contributed by atoms with Crippen molar-refractivity contribution < 1.29 is 4.79 Å². The highest BCUT2D eigenvalue weighted by Gasteiger charge is 2.30. The van der Waals surface area contributed by atoms with Crippen LogP contribution in [0.4, 0.5) is 0 Å². The lowest BCUT2D eigenvalue weighted by molar-refractivity contribution is -0.129. The summed E-state index contributed by atoms with van der Waals surface area (Å²) >= 11 is 0. The van der Waals surface area contributed by atoms with Gasteiger partial charge in [0.25, 0.3) is 0 Å². The Kier molecular flexibility index (Phi) is 4.32. The molecule has 2 heteroatoms. The zero-order valence-electron chi connectivity index (χ0n) is 10.7. The van der Waals surface area contributed by atoms with Gasteiger partial charge in [-0.2, -0.15) is 0 Å². The largest absolute Gasteiger partial charge is 0.303 e. The van der Waals surface area contributed by atoms with E-state index in [9.17, 15) is 4.79 Å². The topological polar surface area (TPSA) is 29.1 Å². The first-order valence-electron chi connectivity index (χ1n) is 5.40. The molecule has 1 N–H and O–H groups in total. The van der Waals surface area contributed by atoms with Crippen LogP contribution in [-0.2, 0) is 4.79 Å². The van der Waals surface area contributed by atoms with Gasteiger partial charge in [-0.25, -0.2) is 0 Å². The number of rotatable bonds is 3. The lowest BCUT2D eigenvalue weighted by atomic mass is 9.85. The highest BCUT2D eigenvalue weighted by Crippen LogP contribution is 2.19. The summed E-state index contributed by atoms with van der Waals surface area (Å²) in [4.78, 5) is 12.0. The highest BCUT2D eigenvalue weighted by molar-refractivity contribution is 5.88. The molecule has 14 heavy (non-hydrogen) atoms. The van der Waals surface area contributed by atoms with E-state index in [1.54, 1.807) is 0 Å². The molecular weight excluding hydrogens is 174 g/mol. The van der Waals surface area contributed by atoms with Crippen molar-refractivity contribution in [3.63, 3.8) is 0 Å². The molecule has 2 nitrogen and oxygen atoms in total. The Morgan fingerprint density at radius 3 is 1.79 bits per heavy atom. The summed E-state index contributed by atoms with van der Waals surface area (Å²) in [5, 5.41) is 3.36. The normalized spacial score (nSPS) is 15.4. The van der Waals surface area contributed by atoms with Crippen molar-refractivity contribution in [3.8, 4) is 0 Å². The van der Waals surface area contributed by atoms with Crippen LogP contribution in [-0.4, -0.2) is 17.4 Å². The number of hydrogen-bond acceptors (Lipinski definition) is 2. The molecule has 0 aromatic carbocycles. The lowest BCUT2D eigenvalue weighted by Crippen LogP contribution is -2.50. The molecular formula is C12H25NO. The van der Waals surface area contributed by atoms with E-state index in [1.807, 2.05) is 27.7 Å². The Morgan fingerprint density at radius 2 is 1.57 bits per heavy atom. The molecule has 0 aliphatic heterocycles. The number of carbonyl (C=O) groups excluding carboxylic acids is 1. The van der Waals surface area contributed by atoms with Gasteiger partial charge in [-0.15, -0.1) is 0 Å². The van der Waals surface area contributed by atoms with Gasteiger partial charge in [0.15, 0.2) is 5.78 Å². The summed E-state index contributed by atoms with van der Waals surface area (Å²) in [5.41, 5.74) is -0.249. The predicted octanol–water partition coefficient (Wildman–Crippen LogP) is 2.77. The predicted molar refractivity (Wildman–Crippen MR) is 61.4 cm³/mol. The van der Waals surface area contributed by atoms with Crippen LogP contribution in [0.1, 0.15) is 54.9 Å². The Hall–Kier alpha value is -0.370. The van der Waals surface area contributed by atoms with Gasteiger partial charge in [-0.05, 0) is 27.2 Å². The van der Waals surface area contributed by atoms with Crippen LogP contribution in [0.15, 0.2) is 0 Å². The molecule has 0 radical (unpaired) electrons. The zero-order chi connectivity index (χ0) is 11.6. The molecule has 0 heterocycles. The van der Waals surface area contributed by atoms with Gasteiger partial charge >= 0.3 is 0 Å². The molecule has 0 spiro atoms. The summed E-state index contributed by atoms with van der Waals surface area (Å²) in [6, 6.07) is -0.0185. The van der Waals surface area contributed by atoms with Crippen LogP contribution in [0.3, 0.4) is 0 Å². The fourth-order valence-corrected chi connectivity index (χ4v) is 1.40. The molecule has 0 aliphatic rings. The summed E-state index contributed by atoms with van der Waals surface area (Å²) in [6.45, 7) is 14.2. The SMILES string of the molecule is CCC(NC(C)(C)C)C(=O)C(C)(C)C. The number of nitrogens with one attached hydrogen (secondary N) is 1. The van der Waals surface area contributed by atoms with Gasteiger partial charge in [0.05, 0.1) is 6.04 Å². The Morgan fingerprint density at radius 1 is 1.14 bits per heavy atom. The molecule has 0 bridgehead atoms. The highest BCUT2D eigenvalue weighted by atomic mass is 16.1. The van der Waals surface area contributed by atoms with E-state index in [2.05, 4.69) is 26.1 Å². The van der Waals surface area contributed by atoms with Crippen molar-refractivity contribution in [2.75, 3.05) is 0 Å². The number of Topliss-reactive ketones (excluding diaryl/α,β-unsaturated/α-hetero) is 1. The van der Waals surface area contributed by atoms with Crippen LogP contribution in [0.5, 0.6) is 0 Å². The fraction of sp³-hybridized carbons (Fsp3) is 0.917. The van der Waals surface area contributed by atoms with E-state index in [0.29, 0.717) is 5.78 Å². The van der Waals surface area contributed by atoms with Gasteiger partial charge in [-0.3, -0.25) is 4.79 Å². The van der Waals surface area contributed by atoms with Crippen LogP contribution < -0.4 is 5.32 Å². The summed E-state index contributed by atoms with van der Waals surface area (Å²) in [6.07, 6.45) is 0.855. The van der Waals surface area contributed by atoms with Gasteiger partial charge in [-0.1, -0.05) is 27.7 Å². The molecule has 0 aromatic rings. The minimum Gasteiger partial charge on any atom is -0.303 e. The first kappa shape index (κ1) is 13.6. The molecule has 0 amide bonds. The molecule has 0 aliphatic carbocycles. The van der Waals surface area contributed by atoms with Crippen molar-refractivity contribution in [3.05, 3.63) is 0 Å². The molecule has 0 aromatic heterocycles. The average Bonchev–Trinajstić information content (AvgIpc) is 1.95.